The molecule has 1 aromatic carbocycles. The van der Waals surface area contributed by atoms with Gasteiger partial charge >= 0.3 is 0 Å². The fourth-order valence-electron chi connectivity index (χ4n) is 0.999. The van der Waals surface area contributed by atoms with E-state index in [1.54, 1.807) is 24.3 Å². The van der Waals surface area contributed by atoms with Gasteiger partial charge in [-0.1, -0.05) is 23.7 Å². The summed E-state index contributed by atoms with van der Waals surface area (Å²) in [5, 5.41) is 3.97. The molecular weight excluding hydrogens is 216 g/mol. The highest BCUT2D eigenvalue weighted by atomic mass is 35.5. The Kier molecular flexibility index (Phi) is 3.93. The number of hydrogen-bond acceptors (Lipinski definition) is 2. The minimum absolute atomic E-state index is 0.178. The van der Waals surface area contributed by atoms with Crippen LogP contribution in [0.4, 0.5) is 0 Å². The first kappa shape index (κ1) is 11.3. The van der Waals surface area contributed by atoms with Crippen molar-refractivity contribution in [3.8, 4) is 0 Å². The smallest absolute Gasteiger partial charge is 0.244 e. The van der Waals surface area contributed by atoms with Crippen LogP contribution in [0, 0.1) is 0 Å². The van der Waals surface area contributed by atoms with Crippen LogP contribution in [0.15, 0.2) is 29.4 Å². The largest absolute Gasteiger partial charge is 0.369 e. The van der Waals surface area contributed by atoms with E-state index >= 15 is 0 Å². The summed E-state index contributed by atoms with van der Waals surface area (Å²) in [5.41, 5.74) is 13.1. The Bertz CT molecular complexity index is 387. The van der Waals surface area contributed by atoms with E-state index in [1.165, 1.54) is 0 Å². The molecule has 0 aliphatic rings. The summed E-state index contributed by atoms with van der Waals surface area (Å²) in [6.07, 6.45) is 0.178. The molecule has 80 valence electrons. The molecule has 1 aromatic rings. The Morgan fingerprint density at radius 1 is 1.47 bits per heavy atom. The van der Waals surface area contributed by atoms with Crippen molar-refractivity contribution in [2.75, 3.05) is 0 Å². The first-order chi connectivity index (χ1) is 7.08. The SMILES string of the molecule is NC(N)=NNC(=O)Cc1cccc(Cl)c1. The van der Waals surface area contributed by atoms with E-state index in [-0.39, 0.29) is 18.3 Å². The Hall–Kier alpha value is -1.75. The van der Waals surface area contributed by atoms with E-state index in [2.05, 4.69) is 10.5 Å². The maximum absolute atomic E-state index is 11.3. The highest BCUT2D eigenvalue weighted by molar-refractivity contribution is 6.30. The van der Waals surface area contributed by atoms with Gasteiger partial charge in [-0.25, -0.2) is 5.43 Å². The highest BCUT2D eigenvalue weighted by Crippen LogP contribution is 2.10. The third-order valence-electron chi connectivity index (χ3n) is 1.56. The quantitative estimate of drug-likeness (QED) is 0.390. The summed E-state index contributed by atoms with van der Waals surface area (Å²) in [6.45, 7) is 0. The van der Waals surface area contributed by atoms with Crippen molar-refractivity contribution in [3.05, 3.63) is 34.9 Å². The monoisotopic (exact) mass is 226 g/mol. The molecule has 0 aliphatic heterocycles. The van der Waals surface area contributed by atoms with Crippen molar-refractivity contribution in [3.63, 3.8) is 0 Å². The first-order valence-electron chi connectivity index (χ1n) is 4.20. The van der Waals surface area contributed by atoms with E-state index in [4.69, 9.17) is 23.1 Å². The van der Waals surface area contributed by atoms with Gasteiger partial charge in [-0.15, -0.1) is 5.10 Å². The Labute approximate surface area is 92.1 Å². The van der Waals surface area contributed by atoms with Gasteiger partial charge in [0.25, 0.3) is 0 Å². The van der Waals surface area contributed by atoms with Crippen molar-refractivity contribution >= 4 is 23.5 Å². The first-order valence-corrected chi connectivity index (χ1v) is 4.57. The number of amides is 1. The minimum Gasteiger partial charge on any atom is -0.369 e. The zero-order valence-corrected chi connectivity index (χ0v) is 8.66. The van der Waals surface area contributed by atoms with Crippen LogP contribution in [0.5, 0.6) is 0 Å². The molecule has 0 aliphatic carbocycles. The molecule has 5 nitrogen and oxygen atoms in total. The summed E-state index contributed by atoms with van der Waals surface area (Å²) in [7, 11) is 0. The molecule has 0 radical (unpaired) electrons. The average Bonchev–Trinajstić information content (AvgIpc) is 2.15. The van der Waals surface area contributed by atoms with Crippen LogP contribution in [0.3, 0.4) is 0 Å². The summed E-state index contributed by atoms with van der Waals surface area (Å²) >= 11 is 5.76. The zero-order chi connectivity index (χ0) is 11.3. The number of carbonyl (C=O) groups is 1. The van der Waals surface area contributed by atoms with Gasteiger partial charge in [-0.3, -0.25) is 4.79 Å². The molecule has 1 amide bonds. The van der Waals surface area contributed by atoms with Crippen LogP contribution in [-0.2, 0) is 11.2 Å². The van der Waals surface area contributed by atoms with E-state index in [1.807, 2.05) is 0 Å². The highest BCUT2D eigenvalue weighted by Gasteiger charge is 2.02. The maximum Gasteiger partial charge on any atom is 0.244 e. The number of nitrogens with one attached hydrogen (secondary N) is 1. The number of halogens is 1. The predicted octanol–water partition coefficient (Wildman–Crippen LogP) is 0.187. The second-order valence-corrected chi connectivity index (χ2v) is 3.31. The van der Waals surface area contributed by atoms with E-state index in [9.17, 15) is 4.79 Å². The topological polar surface area (TPSA) is 93.5 Å². The fraction of sp³-hybridized carbons (Fsp3) is 0.111. The lowest BCUT2D eigenvalue weighted by Crippen LogP contribution is -2.29. The van der Waals surface area contributed by atoms with Crippen molar-refractivity contribution in [2.24, 2.45) is 16.6 Å². The number of nitrogens with zero attached hydrogens (tertiary/aromatic N) is 1. The number of hydrazone groups is 1. The third-order valence-corrected chi connectivity index (χ3v) is 1.80. The van der Waals surface area contributed by atoms with Crippen LogP contribution in [0.1, 0.15) is 5.56 Å². The molecule has 0 spiro atoms. The zero-order valence-electron chi connectivity index (χ0n) is 7.90. The van der Waals surface area contributed by atoms with Gasteiger partial charge in [0.15, 0.2) is 0 Å². The lowest BCUT2D eigenvalue weighted by atomic mass is 10.1. The number of guanidine groups is 1. The standard InChI is InChI=1S/C9H11ClN4O/c10-7-3-1-2-6(4-7)5-8(15)13-14-9(11)12/h1-4H,5H2,(H,13,15)(H4,11,12,14). The molecule has 15 heavy (non-hydrogen) atoms. The summed E-state index contributed by atoms with van der Waals surface area (Å²) < 4.78 is 0. The number of benzene rings is 1. The molecule has 6 heteroatoms. The number of hydrogen-bond donors (Lipinski definition) is 3. The summed E-state index contributed by atoms with van der Waals surface area (Å²) in [5.74, 6) is -0.486. The van der Waals surface area contributed by atoms with Gasteiger partial charge < -0.3 is 11.5 Å². The van der Waals surface area contributed by atoms with Crippen LogP contribution >= 0.6 is 11.6 Å². The lowest BCUT2D eigenvalue weighted by molar-refractivity contribution is -0.120. The molecule has 0 heterocycles. The second kappa shape index (κ2) is 5.21. The van der Waals surface area contributed by atoms with Crippen molar-refractivity contribution in [2.45, 2.75) is 6.42 Å². The fourth-order valence-corrected chi connectivity index (χ4v) is 1.21. The maximum atomic E-state index is 11.3. The van der Waals surface area contributed by atoms with E-state index in [0.29, 0.717) is 5.02 Å². The molecule has 0 fully saturated rings. The number of nitrogens with two attached hydrogens (primary N) is 2. The number of carbonyl (C=O) groups excluding carboxylic acids is 1. The van der Waals surface area contributed by atoms with Crippen molar-refractivity contribution in [1.29, 1.82) is 0 Å². The van der Waals surface area contributed by atoms with Gasteiger partial charge in [-0.05, 0) is 17.7 Å². The summed E-state index contributed by atoms with van der Waals surface area (Å²) in [4.78, 5) is 11.3. The van der Waals surface area contributed by atoms with Crippen molar-refractivity contribution in [1.82, 2.24) is 5.43 Å². The van der Waals surface area contributed by atoms with Gasteiger partial charge in [0.1, 0.15) is 0 Å². The van der Waals surface area contributed by atoms with Gasteiger partial charge in [0, 0.05) is 5.02 Å². The number of rotatable bonds is 3. The molecule has 1 rings (SSSR count). The van der Waals surface area contributed by atoms with Crippen LogP contribution in [0.2, 0.25) is 5.02 Å². The van der Waals surface area contributed by atoms with Crippen molar-refractivity contribution < 1.29 is 4.79 Å². The van der Waals surface area contributed by atoms with Crippen LogP contribution in [0.25, 0.3) is 0 Å². The van der Waals surface area contributed by atoms with Gasteiger partial charge in [0.05, 0.1) is 6.42 Å². The molecular formula is C9H11ClN4O. The predicted molar refractivity (Wildman–Crippen MR) is 59.1 cm³/mol. The Morgan fingerprint density at radius 3 is 2.80 bits per heavy atom. The average molecular weight is 227 g/mol. The van der Waals surface area contributed by atoms with Gasteiger partial charge in [-0.2, -0.15) is 0 Å². The lowest BCUT2D eigenvalue weighted by Gasteiger charge is -2.01. The Balaban J connectivity index is 2.55. The third kappa shape index (κ3) is 4.33. The molecule has 5 N–H and O–H groups in total. The Morgan fingerprint density at radius 2 is 2.20 bits per heavy atom. The molecule has 0 saturated carbocycles. The molecule has 0 bridgehead atoms. The van der Waals surface area contributed by atoms with E-state index in [0.717, 1.165) is 5.56 Å². The normalized spacial score (nSPS) is 9.40. The molecule has 0 unspecified atom stereocenters. The van der Waals surface area contributed by atoms with Gasteiger partial charge in [0.2, 0.25) is 11.9 Å². The van der Waals surface area contributed by atoms with Crippen LogP contribution < -0.4 is 16.9 Å². The summed E-state index contributed by atoms with van der Waals surface area (Å²) in [6, 6.07) is 7.00. The molecule has 0 atom stereocenters. The minimum atomic E-state index is -0.300. The molecule has 0 aromatic heterocycles. The second-order valence-electron chi connectivity index (χ2n) is 2.88. The van der Waals surface area contributed by atoms with E-state index < -0.39 is 0 Å². The molecule has 0 saturated heterocycles. The van der Waals surface area contributed by atoms with Crippen LogP contribution in [-0.4, -0.2) is 11.9 Å².